The molecular weight excluding hydrogens is 542 g/mol. The number of carbonyl (C=O) groups is 1. The molecule has 0 aliphatic heterocycles. The zero-order valence-electron chi connectivity index (χ0n) is 30.5. The molecule has 0 radical (unpaired) electrons. The zero-order chi connectivity index (χ0) is 32.2. The van der Waals surface area contributed by atoms with Crippen molar-refractivity contribution in [2.45, 2.75) is 226 Å². The normalized spacial score (nSPS) is 12.3. The summed E-state index contributed by atoms with van der Waals surface area (Å²) in [4.78, 5) is 15.1. The summed E-state index contributed by atoms with van der Waals surface area (Å²) < 4.78 is 6.00. The highest BCUT2D eigenvalue weighted by Crippen LogP contribution is 2.18. The van der Waals surface area contributed by atoms with E-state index in [4.69, 9.17) is 4.74 Å². The van der Waals surface area contributed by atoms with Crippen molar-refractivity contribution in [3.63, 3.8) is 0 Å². The molecule has 0 aromatic carbocycles. The number of carbonyl (C=O) groups excluding carboxylic acids is 1. The van der Waals surface area contributed by atoms with Crippen molar-refractivity contribution in [3.8, 4) is 0 Å². The van der Waals surface area contributed by atoms with Crippen molar-refractivity contribution in [1.82, 2.24) is 4.90 Å². The first kappa shape index (κ1) is 43.4. The average molecular weight is 624 g/mol. The molecule has 0 rings (SSSR count). The van der Waals surface area contributed by atoms with E-state index in [0.717, 1.165) is 45.3 Å². The van der Waals surface area contributed by atoms with E-state index >= 15 is 0 Å². The van der Waals surface area contributed by atoms with Gasteiger partial charge in [-0.3, -0.25) is 4.79 Å². The third-order valence-corrected chi connectivity index (χ3v) is 9.41. The van der Waals surface area contributed by atoms with Gasteiger partial charge in [0.1, 0.15) is 6.10 Å². The smallest absolute Gasteiger partial charge is 0.306 e. The number of unbranched alkanes of at least 4 members (excludes halogenated alkanes) is 24. The number of aliphatic hydroxyl groups is 1. The predicted molar refractivity (Wildman–Crippen MR) is 194 cm³/mol. The summed E-state index contributed by atoms with van der Waals surface area (Å²) in [5.74, 6) is 0.0334. The van der Waals surface area contributed by atoms with Crippen LogP contribution in [0.4, 0.5) is 0 Å². The van der Waals surface area contributed by atoms with Gasteiger partial charge in [0.2, 0.25) is 0 Å². The molecule has 1 atom stereocenters. The van der Waals surface area contributed by atoms with Crippen LogP contribution in [0.3, 0.4) is 0 Å². The highest BCUT2D eigenvalue weighted by molar-refractivity contribution is 5.69. The number of nitrogens with zero attached hydrogens (tertiary/aromatic N) is 1. The lowest BCUT2D eigenvalue weighted by Crippen LogP contribution is -2.29. The average Bonchev–Trinajstić information content (AvgIpc) is 3.02. The van der Waals surface area contributed by atoms with Crippen molar-refractivity contribution < 1.29 is 14.6 Å². The Kier molecular flexibility index (Phi) is 36.3. The predicted octanol–water partition coefficient (Wildman–Crippen LogP) is 12.3. The maximum absolute atomic E-state index is 12.6. The summed E-state index contributed by atoms with van der Waals surface area (Å²) in [6, 6.07) is 0. The molecule has 0 aliphatic carbocycles. The van der Waals surface area contributed by atoms with E-state index < -0.39 is 0 Å². The third kappa shape index (κ3) is 32.8. The fourth-order valence-electron chi connectivity index (χ4n) is 6.42. The fraction of sp³-hybridized carbons (Fsp3) is 0.975. The van der Waals surface area contributed by atoms with Crippen LogP contribution in [-0.4, -0.2) is 48.3 Å². The van der Waals surface area contributed by atoms with Crippen molar-refractivity contribution >= 4 is 5.97 Å². The second kappa shape index (κ2) is 36.9. The Morgan fingerprint density at radius 1 is 0.477 bits per heavy atom. The lowest BCUT2D eigenvalue weighted by Gasteiger charge is -2.21. The molecule has 0 aromatic rings. The Balaban J connectivity index is 3.92. The molecule has 264 valence electrons. The quantitative estimate of drug-likeness (QED) is 0.0552. The van der Waals surface area contributed by atoms with Gasteiger partial charge in [-0.1, -0.05) is 168 Å². The van der Waals surface area contributed by atoms with Gasteiger partial charge in [0.15, 0.2) is 0 Å². The maximum Gasteiger partial charge on any atom is 0.306 e. The van der Waals surface area contributed by atoms with E-state index in [1.165, 1.54) is 167 Å². The van der Waals surface area contributed by atoms with E-state index in [1.54, 1.807) is 0 Å². The summed E-state index contributed by atoms with van der Waals surface area (Å²) in [7, 11) is 0. The number of aliphatic hydroxyl groups excluding tert-OH is 1. The Hall–Kier alpha value is -0.610. The first-order valence-electron chi connectivity index (χ1n) is 20.2. The monoisotopic (exact) mass is 624 g/mol. The number of esters is 1. The number of hydrogen-bond acceptors (Lipinski definition) is 4. The molecule has 4 heteroatoms. The molecule has 0 amide bonds. The van der Waals surface area contributed by atoms with Gasteiger partial charge in [-0.15, -0.1) is 0 Å². The second-order valence-corrected chi connectivity index (χ2v) is 13.8. The van der Waals surface area contributed by atoms with Crippen molar-refractivity contribution in [2.75, 3.05) is 26.2 Å². The Bertz CT molecular complexity index is 555. The molecule has 0 saturated carbocycles. The van der Waals surface area contributed by atoms with E-state index in [0.29, 0.717) is 6.42 Å². The first-order valence-corrected chi connectivity index (χ1v) is 20.2. The van der Waals surface area contributed by atoms with E-state index in [1.807, 2.05) is 0 Å². The van der Waals surface area contributed by atoms with Crippen LogP contribution in [0.5, 0.6) is 0 Å². The molecule has 1 unspecified atom stereocenters. The second-order valence-electron chi connectivity index (χ2n) is 13.8. The van der Waals surface area contributed by atoms with Gasteiger partial charge in [0.05, 0.1) is 6.61 Å². The fourth-order valence-corrected chi connectivity index (χ4v) is 6.42. The van der Waals surface area contributed by atoms with Crippen LogP contribution in [-0.2, 0) is 9.53 Å². The number of hydrogen-bond donors (Lipinski definition) is 1. The molecule has 0 fully saturated rings. The van der Waals surface area contributed by atoms with Gasteiger partial charge < -0.3 is 14.7 Å². The number of ether oxygens (including phenoxy) is 1. The topological polar surface area (TPSA) is 49.8 Å². The van der Waals surface area contributed by atoms with Crippen molar-refractivity contribution in [3.05, 3.63) is 0 Å². The third-order valence-electron chi connectivity index (χ3n) is 9.41. The molecule has 0 aliphatic rings. The van der Waals surface area contributed by atoms with Gasteiger partial charge in [0.25, 0.3) is 0 Å². The molecule has 0 saturated heterocycles. The molecule has 1 N–H and O–H groups in total. The van der Waals surface area contributed by atoms with Crippen LogP contribution in [0.2, 0.25) is 0 Å². The minimum atomic E-state index is 0.0334. The molecule has 0 aromatic heterocycles. The Morgan fingerprint density at radius 2 is 0.818 bits per heavy atom. The van der Waals surface area contributed by atoms with Crippen LogP contribution < -0.4 is 0 Å². The van der Waals surface area contributed by atoms with Crippen LogP contribution in [0, 0.1) is 0 Å². The number of rotatable bonds is 37. The van der Waals surface area contributed by atoms with Gasteiger partial charge in [-0.2, -0.15) is 0 Å². The van der Waals surface area contributed by atoms with E-state index in [2.05, 4.69) is 25.7 Å². The molecular formula is C40H81NO3. The lowest BCUT2D eigenvalue weighted by molar-refractivity contribution is -0.150. The van der Waals surface area contributed by atoms with Gasteiger partial charge >= 0.3 is 5.97 Å². The summed E-state index contributed by atoms with van der Waals surface area (Å²) in [5, 5.41) is 9.50. The molecule has 4 nitrogen and oxygen atoms in total. The van der Waals surface area contributed by atoms with Gasteiger partial charge in [-0.25, -0.2) is 0 Å². The largest absolute Gasteiger partial charge is 0.462 e. The maximum atomic E-state index is 12.6. The van der Waals surface area contributed by atoms with Crippen molar-refractivity contribution in [2.24, 2.45) is 0 Å². The molecule has 0 bridgehead atoms. The summed E-state index contributed by atoms with van der Waals surface area (Å²) in [6.07, 6.45) is 39.3. The summed E-state index contributed by atoms with van der Waals surface area (Å²) >= 11 is 0. The standard InChI is InChI=1S/C40H81NO3/c1-4-7-10-13-15-16-17-18-19-20-25-30-35-41(37-38-42)36-31-26-21-24-29-34-40(43)44-39(32-27-22-12-9-6-3)33-28-23-14-11-8-5-2/h39,42H,4-38H2,1-3H3. The van der Waals surface area contributed by atoms with Gasteiger partial charge in [0, 0.05) is 13.0 Å². The van der Waals surface area contributed by atoms with E-state index in [-0.39, 0.29) is 18.7 Å². The van der Waals surface area contributed by atoms with Gasteiger partial charge in [-0.05, 0) is 58.0 Å². The van der Waals surface area contributed by atoms with Crippen LogP contribution in [0.25, 0.3) is 0 Å². The SMILES string of the molecule is CCCCCCCCCCCCCCN(CCO)CCCCCCCC(=O)OC(CCCCCCC)CCCCCCCC. The van der Waals surface area contributed by atoms with E-state index in [9.17, 15) is 9.90 Å². The molecule has 44 heavy (non-hydrogen) atoms. The Morgan fingerprint density at radius 3 is 1.20 bits per heavy atom. The Labute approximate surface area is 277 Å². The van der Waals surface area contributed by atoms with Crippen LogP contribution in [0.15, 0.2) is 0 Å². The summed E-state index contributed by atoms with van der Waals surface area (Å²) in [5.41, 5.74) is 0. The first-order chi connectivity index (χ1) is 21.7. The minimum Gasteiger partial charge on any atom is -0.462 e. The van der Waals surface area contributed by atoms with Crippen LogP contribution in [0.1, 0.15) is 220 Å². The molecule has 0 spiro atoms. The molecule has 0 heterocycles. The highest BCUT2D eigenvalue weighted by atomic mass is 16.5. The highest BCUT2D eigenvalue weighted by Gasteiger charge is 2.14. The summed E-state index contributed by atoms with van der Waals surface area (Å²) in [6.45, 7) is 10.1. The lowest BCUT2D eigenvalue weighted by atomic mass is 10.0. The van der Waals surface area contributed by atoms with Crippen LogP contribution >= 0.6 is 0 Å². The minimum absolute atomic E-state index is 0.0334. The van der Waals surface area contributed by atoms with Crippen molar-refractivity contribution in [1.29, 1.82) is 0 Å². The zero-order valence-corrected chi connectivity index (χ0v) is 30.5.